The molecule has 3 heterocycles. The molecule has 5 rings (SSSR count). The molecule has 3 aromatic rings. The number of nitrogens with zero attached hydrogens (tertiary/aromatic N) is 3. The fourth-order valence-corrected chi connectivity index (χ4v) is 3.91. The van der Waals surface area contributed by atoms with Gasteiger partial charge in [0, 0.05) is 25.6 Å². The first-order valence-electron chi connectivity index (χ1n) is 11.2. The Kier molecular flexibility index (Phi) is 6.27. The number of ether oxygens (including phenoxy) is 3. The van der Waals surface area contributed by atoms with E-state index in [9.17, 15) is 19.2 Å². The van der Waals surface area contributed by atoms with Crippen molar-refractivity contribution in [3.63, 3.8) is 0 Å². The molecule has 0 spiro atoms. The fraction of sp³-hybridized carbons (Fsp3) is 0.250. The summed E-state index contributed by atoms with van der Waals surface area (Å²) in [5, 5.41) is 11.6. The Hall–Kier alpha value is -4.78. The number of nitrogens with one attached hydrogen (secondary N) is 2. The molecule has 2 fully saturated rings. The Balaban J connectivity index is 1.33. The summed E-state index contributed by atoms with van der Waals surface area (Å²) in [4.78, 5) is 51.5. The second-order valence-electron chi connectivity index (χ2n) is 8.33. The second-order valence-corrected chi connectivity index (χ2v) is 8.33. The largest absolute Gasteiger partial charge is 0.467 e. The highest BCUT2D eigenvalue weighted by molar-refractivity contribution is 6.22. The number of rotatable bonds is 7. The van der Waals surface area contributed by atoms with Crippen LogP contribution in [0.5, 0.6) is 17.2 Å². The van der Waals surface area contributed by atoms with Gasteiger partial charge in [0.05, 0.1) is 6.61 Å². The van der Waals surface area contributed by atoms with Crippen molar-refractivity contribution in [3.8, 4) is 28.7 Å². The average molecular weight is 507 g/mol. The van der Waals surface area contributed by atoms with Crippen molar-refractivity contribution in [1.82, 2.24) is 25.7 Å². The molecule has 0 radical (unpaired) electrons. The quantitative estimate of drug-likeness (QED) is 0.445. The minimum absolute atomic E-state index is 0.135. The first kappa shape index (κ1) is 23.9. The highest BCUT2D eigenvalue weighted by Gasteiger charge is 2.56. The predicted octanol–water partition coefficient (Wildman–Crippen LogP) is 1.26. The Morgan fingerprint density at radius 1 is 0.973 bits per heavy atom. The highest BCUT2D eigenvalue weighted by Crippen LogP contribution is 2.31. The van der Waals surface area contributed by atoms with Gasteiger partial charge in [0.15, 0.2) is 0 Å². The molecule has 2 aromatic carbocycles. The fourth-order valence-electron chi connectivity index (χ4n) is 3.91. The maximum Gasteiger partial charge on any atom is 0.328 e. The van der Waals surface area contributed by atoms with E-state index in [1.807, 2.05) is 10.6 Å². The summed E-state index contributed by atoms with van der Waals surface area (Å²) in [6.07, 6.45) is -0.294. The van der Waals surface area contributed by atoms with Crippen LogP contribution in [0.25, 0.3) is 11.5 Å². The molecule has 0 bridgehead atoms. The van der Waals surface area contributed by atoms with Crippen LogP contribution in [0.4, 0.5) is 4.79 Å². The summed E-state index contributed by atoms with van der Waals surface area (Å²) in [7, 11) is 1.59. The van der Waals surface area contributed by atoms with E-state index in [0.717, 1.165) is 5.56 Å². The maximum absolute atomic E-state index is 12.9. The topological polar surface area (TPSA) is 162 Å². The van der Waals surface area contributed by atoms with Crippen LogP contribution in [0.2, 0.25) is 0 Å². The van der Waals surface area contributed by atoms with Crippen molar-refractivity contribution >= 4 is 23.8 Å². The molecule has 5 amide bonds. The van der Waals surface area contributed by atoms with E-state index in [1.165, 1.54) is 23.4 Å². The summed E-state index contributed by atoms with van der Waals surface area (Å²) in [5.74, 6) is -0.885. The van der Waals surface area contributed by atoms with Gasteiger partial charge in [0.2, 0.25) is 12.3 Å². The monoisotopic (exact) mass is 507 g/mol. The number of benzene rings is 2. The Bertz CT molecular complexity index is 1300. The van der Waals surface area contributed by atoms with Gasteiger partial charge in [-0.05, 0) is 48.5 Å². The molecule has 2 aliphatic heterocycles. The predicted molar refractivity (Wildman–Crippen MR) is 123 cm³/mol. The Morgan fingerprint density at radius 2 is 1.59 bits per heavy atom. The first-order chi connectivity index (χ1) is 17.8. The van der Waals surface area contributed by atoms with Crippen molar-refractivity contribution in [3.05, 3.63) is 54.9 Å². The minimum Gasteiger partial charge on any atom is -0.467 e. The van der Waals surface area contributed by atoms with Gasteiger partial charge in [-0.2, -0.15) is 0 Å². The van der Waals surface area contributed by atoms with Crippen LogP contribution in [0.15, 0.2) is 59.3 Å². The van der Waals surface area contributed by atoms with E-state index >= 15 is 0 Å². The third-order valence-corrected chi connectivity index (χ3v) is 5.87. The molecule has 13 heteroatoms. The van der Waals surface area contributed by atoms with Crippen LogP contribution in [0, 0.1) is 0 Å². The number of likely N-dealkylation sites (N-methyl/N-ethyl adjacent to an activating group) is 1. The lowest BCUT2D eigenvalue weighted by atomic mass is 9.91. The molecule has 2 saturated heterocycles. The van der Waals surface area contributed by atoms with Crippen LogP contribution < -0.4 is 20.1 Å². The SMILES string of the molecule is CN1CCOC(CC2(Oc3ccc(Oc4ccc(-c5nnco5)cc4)cc3)C(=O)NC(=O)NC2=O)C1=O. The smallest absolute Gasteiger partial charge is 0.328 e. The highest BCUT2D eigenvalue weighted by atomic mass is 16.5. The van der Waals surface area contributed by atoms with Crippen molar-refractivity contribution in [2.45, 2.75) is 18.1 Å². The van der Waals surface area contributed by atoms with Crippen molar-refractivity contribution in [2.75, 3.05) is 20.2 Å². The summed E-state index contributed by atoms with van der Waals surface area (Å²) in [6, 6.07) is 12.2. The van der Waals surface area contributed by atoms with Gasteiger partial charge in [0.1, 0.15) is 23.4 Å². The molecular formula is C24H21N5O8. The molecule has 2 N–H and O–H groups in total. The molecule has 0 aliphatic carbocycles. The number of urea groups is 1. The van der Waals surface area contributed by atoms with Crippen molar-refractivity contribution in [1.29, 1.82) is 0 Å². The Labute approximate surface area is 209 Å². The number of amides is 5. The zero-order valence-corrected chi connectivity index (χ0v) is 19.5. The van der Waals surface area contributed by atoms with Crippen LogP contribution in [0.3, 0.4) is 0 Å². The molecule has 0 saturated carbocycles. The third kappa shape index (κ3) is 4.84. The molecule has 1 aromatic heterocycles. The first-order valence-corrected chi connectivity index (χ1v) is 11.2. The lowest BCUT2D eigenvalue weighted by Gasteiger charge is -2.38. The number of morpholine rings is 1. The van der Waals surface area contributed by atoms with Gasteiger partial charge in [-0.1, -0.05) is 0 Å². The van der Waals surface area contributed by atoms with Gasteiger partial charge < -0.3 is 23.5 Å². The molecule has 37 heavy (non-hydrogen) atoms. The molecule has 13 nitrogen and oxygen atoms in total. The van der Waals surface area contributed by atoms with E-state index < -0.39 is 41.9 Å². The number of carbonyl (C=O) groups excluding carboxylic acids is 4. The molecule has 1 atom stereocenters. The number of barbiturate groups is 1. The lowest BCUT2D eigenvalue weighted by molar-refractivity contribution is -0.164. The summed E-state index contributed by atoms with van der Waals surface area (Å²) in [5.41, 5.74) is -1.48. The lowest BCUT2D eigenvalue weighted by Crippen LogP contribution is -2.70. The van der Waals surface area contributed by atoms with Gasteiger partial charge in [0.25, 0.3) is 23.3 Å². The zero-order chi connectivity index (χ0) is 26.0. The summed E-state index contributed by atoms with van der Waals surface area (Å²) < 4.78 is 22.4. The summed E-state index contributed by atoms with van der Waals surface area (Å²) >= 11 is 0. The molecule has 2 aliphatic rings. The number of imide groups is 2. The van der Waals surface area contributed by atoms with Crippen LogP contribution in [0.1, 0.15) is 6.42 Å². The zero-order valence-electron chi connectivity index (χ0n) is 19.5. The van der Waals surface area contributed by atoms with E-state index in [1.54, 1.807) is 43.4 Å². The van der Waals surface area contributed by atoms with E-state index in [4.69, 9.17) is 18.6 Å². The molecule has 190 valence electrons. The summed E-state index contributed by atoms with van der Waals surface area (Å²) in [6.45, 7) is 0.605. The van der Waals surface area contributed by atoms with Gasteiger partial charge in [-0.25, -0.2) is 4.79 Å². The minimum atomic E-state index is -2.21. The molecule has 1 unspecified atom stereocenters. The normalized spacial score (nSPS) is 19.3. The number of aromatic nitrogens is 2. The third-order valence-electron chi connectivity index (χ3n) is 5.87. The van der Waals surface area contributed by atoms with Crippen LogP contribution in [-0.2, 0) is 19.1 Å². The van der Waals surface area contributed by atoms with Gasteiger partial charge >= 0.3 is 6.03 Å². The number of carbonyl (C=O) groups is 4. The second kappa shape index (κ2) is 9.70. The van der Waals surface area contributed by atoms with Crippen molar-refractivity contribution < 1.29 is 37.8 Å². The van der Waals surface area contributed by atoms with Gasteiger partial charge in [-0.3, -0.25) is 25.0 Å². The van der Waals surface area contributed by atoms with E-state index in [-0.39, 0.29) is 12.4 Å². The van der Waals surface area contributed by atoms with E-state index in [2.05, 4.69) is 10.2 Å². The molecular weight excluding hydrogens is 486 g/mol. The number of hydrogen-bond acceptors (Lipinski definition) is 10. The Morgan fingerprint density at radius 3 is 2.22 bits per heavy atom. The van der Waals surface area contributed by atoms with E-state index in [0.29, 0.717) is 23.9 Å². The van der Waals surface area contributed by atoms with Gasteiger partial charge in [-0.15, -0.1) is 10.2 Å². The van der Waals surface area contributed by atoms with Crippen LogP contribution >= 0.6 is 0 Å². The number of hydrogen-bond donors (Lipinski definition) is 2. The van der Waals surface area contributed by atoms with Crippen LogP contribution in [-0.4, -0.2) is 70.8 Å². The average Bonchev–Trinajstić information content (AvgIpc) is 3.42. The standard InChI is InChI=1S/C24H21N5O8/c1-29-10-11-34-18(20(29)30)12-24(21(31)26-23(33)27-22(24)32)37-17-8-6-16(7-9-17)36-15-4-2-14(3-5-15)19-28-25-13-35-19/h2-9,13,18H,10-12H2,1H3,(H2,26,27,31,32,33). The maximum atomic E-state index is 12.9. The van der Waals surface area contributed by atoms with Crippen molar-refractivity contribution in [2.24, 2.45) is 0 Å².